The van der Waals surface area contributed by atoms with Gasteiger partial charge in [0, 0.05) is 4.88 Å². The van der Waals surface area contributed by atoms with Gasteiger partial charge in [0.05, 0.1) is 36.1 Å². The van der Waals surface area contributed by atoms with Crippen molar-refractivity contribution in [2.45, 2.75) is 39.2 Å². The second-order valence-electron chi connectivity index (χ2n) is 7.33. The number of hydrazone groups is 1. The molecule has 0 atom stereocenters. The van der Waals surface area contributed by atoms with Crippen molar-refractivity contribution in [2.24, 2.45) is 5.10 Å². The van der Waals surface area contributed by atoms with E-state index in [1.807, 2.05) is 13.0 Å². The summed E-state index contributed by atoms with van der Waals surface area (Å²) in [6, 6.07) is 3.57. The molecule has 0 aliphatic heterocycles. The highest BCUT2D eigenvalue weighted by Crippen LogP contribution is 2.36. The van der Waals surface area contributed by atoms with Crippen LogP contribution in [0.1, 0.15) is 35.8 Å². The van der Waals surface area contributed by atoms with Gasteiger partial charge in [-0.05, 0) is 71.8 Å². The molecule has 0 bridgehead atoms. The summed E-state index contributed by atoms with van der Waals surface area (Å²) in [4.78, 5) is 31.8. The molecule has 1 N–H and O–H groups in total. The molecule has 8 nitrogen and oxygen atoms in total. The van der Waals surface area contributed by atoms with E-state index in [0.717, 1.165) is 40.5 Å². The average molecular weight is 519 g/mol. The summed E-state index contributed by atoms with van der Waals surface area (Å²) in [5.41, 5.74) is 4.11. The first-order valence-electron chi connectivity index (χ1n) is 10.3. The van der Waals surface area contributed by atoms with Gasteiger partial charge in [0.15, 0.2) is 11.5 Å². The molecule has 0 spiro atoms. The molecule has 2 heterocycles. The summed E-state index contributed by atoms with van der Waals surface area (Å²) in [7, 11) is 1.56. The molecule has 1 aliphatic carbocycles. The Balaban J connectivity index is 1.47. The number of ether oxygens (including phenoxy) is 2. The Labute approximate surface area is 197 Å². The van der Waals surface area contributed by atoms with Gasteiger partial charge in [-0.3, -0.25) is 14.2 Å². The van der Waals surface area contributed by atoms with Crippen molar-refractivity contribution in [3.8, 4) is 11.5 Å². The van der Waals surface area contributed by atoms with Gasteiger partial charge in [0.2, 0.25) is 0 Å². The van der Waals surface area contributed by atoms with E-state index < -0.39 is 5.91 Å². The number of halogens is 1. The van der Waals surface area contributed by atoms with Crippen molar-refractivity contribution in [2.75, 3.05) is 13.7 Å². The van der Waals surface area contributed by atoms with Crippen molar-refractivity contribution >= 4 is 49.6 Å². The van der Waals surface area contributed by atoms with Crippen molar-refractivity contribution < 1.29 is 14.3 Å². The van der Waals surface area contributed by atoms with Crippen LogP contribution in [0.3, 0.4) is 0 Å². The van der Waals surface area contributed by atoms with Gasteiger partial charge >= 0.3 is 0 Å². The van der Waals surface area contributed by atoms with Crippen LogP contribution < -0.4 is 20.5 Å². The Morgan fingerprint density at radius 1 is 1.38 bits per heavy atom. The number of methoxy groups -OCH3 is 1. The Bertz CT molecular complexity index is 1250. The molecule has 10 heteroatoms. The van der Waals surface area contributed by atoms with E-state index in [-0.39, 0.29) is 12.1 Å². The van der Waals surface area contributed by atoms with Gasteiger partial charge in [-0.25, -0.2) is 10.4 Å². The maximum Gasteiger partial charge on any atom is 0.262 e. The number of rotatable bonds is 7. The second kappa shape index (κ2) is 9.83. The van der Waals surface area contributed by atoms with Crippen LogP contribution in [0, 0.1) is 0 Å². The predicted molar refractivity (Wildman–Crippen MR) is 128 cm³/mol. The molecule has 3 aromatic rings. The van der Waals surface area contributed by atoms with Crippen LogP contribution in [-0.4, -0.2) is 35.4 Å². The van der Waals surface area contributed by atoms with Crippen molar-refractivity contribution in [1.82, 2.24) is 15.0 Å². The van der Waals surface area contributed by atoms with Gasteiger partial charge < -0.3 is 9.47 Å². The number of thiophene rings is 1. The lowest BCUT2D eigenvalue weighted by Gasteiger charge is -2.12. The maximum absolute atomic E-state index is 13.0. The van der Waals surface area contributed by atoms with Gasteiger partial charge in [-0.2, -0.15) is 5.10 Å². The Morgan fingerprint density at radius 3 is 2.97 bits per heavy atom. The summed E-state index contributed by atoms with van der Waals surface area (Å²) in [6.07, 6.45) is 7.05. The van der Waals surface area contributed by atoms with E-state index in [1.165, 1.54) is 22.0 Å². The summed E-state index contributed by atoms with van der Waals surface area (Å²) >= 11 is 5.05. The zero-order valence-corrected chi connectivity index (χ0v) is 20.2. The predicted octanol–water partition coefficient (Wildman–Crippen LogP) is 3.66. The van der Waals surface area contributed by atoms with E-state index in [4.69, 9.17) is 9.47 Å². The van der Waals surface area contributed by atoms with Gasteiger partial charge in [0.25, 0.3) is 11.5 Å². The van der Waals surface area contributed by atoms with Crippen LogP contribution >= 0.6 is 27.3 Å². The first-order valence-corrected chi connectivity index (χ1v) is 11.9. The minimum atomic E-state index is -0.412. The van der Waals surface area contributed by atoms with Crippen LogP contribution in [0.15, 0.2) is 32.8 Å². The van der Waals surface area contributed by atoms with Crippen LogP contribution in [0.5, 0.6) is 11.5 Å². The maximum atomic E-state index is 13.0. The number of fused-ring (bicyclic) bond motifs is 3. The molecule has 0 saturated heterocycles. The molecule has 4 rings (SSSR count). The largest absolute Gasteiger partial charge is 0.493 e. The van der Waals surface area contributed by atoms with E-state index in [1.54, 1.807) is 24.5 Å². The van der Waals surface area contributed by atoms with Crippen LogP contribution in [-0.2, 0) is 24.2 Å². The van der Waals surface area contributed by atoms with E-state index in [0.29, 0.717) is 29.1 Å². The number of hydrogen-bond donors (Lipinski definition) is 1. The zero-order valence-electron chi connectivity index (χ0n) is 17.8. The van der Waals surface area contributed by atoms with E-state index in [9.17, 15) is 9.59 Å². The first kappa shape index (κ1) is 22.5. The highest BCUT2D eigenvalue weighted by molar-refractivity contribution is 9.10. The second-order valence-corrected chi connectivity index (χ2v) is 9.27. The standard InChI is InChI=1S/C22H23BrN4O4S/c1-3-31-20-15(23)8-13(9-16(20)30-2)10-25-26-18(28)11-27-12-24-21-19(22(27)29)14-6-4-5-7-17(14)32-21/h8-10,12H,3-7,11H2,1-2H3,(H,26,28). The Morgan fingerprint density at radius 2 is 2.19 bits per heavy atom. The molecular weight excluding hydrogens is 496 g/mol. The minimum Gasteiger partial charge on any atom is -0.493 e. The molecular formula is C22H23BrN4O4S. The number of nitrogens with one attached hydrogen (secondary N) is 1. The minimum absolute atomic E-state index is 0.153. The quantitative estimate of drug-likeness (QED) is 0.380. The zero-order chi connectivity index (χ0) is 22.7. The summed E-state index contributed by atoms with van der Waals surface area (Å²) in [5, 5.41) is 4.67. The van der Waals surface area contributed by atoms with Crippen LogP contribution in [0.4, 0.5) is 0 Å². The average Bonchev–Trinajstić information content (AvgIpc) is 3.16. The number of nitrogens with zero attached hydrogens (tertiary/aromatic N) is 3. The molecule has 168 valence electrons. The third kappa shape index (κ3) is 4.56. The van der Waals surface area contributed by atoms with Crippen LogP contribution in [0.25, 0.3) is 10.2 Å². The molecule has 1 aliphatic rings. The molecule has 32 heavy (non-hydrogen) atoms. The SMILES string of the molecule is CCOc1c(Br)cc(C=NNC(=O)Cn2cnc3sc4c(c3c2=O)CCCC4)cc1OC. The molecule has 2 aromatic heterocycles. The molecule has 1 amide bonds. The summed E-state index contributed by atoms with van der Waals surface area (Å²) < 4.78 is 13.0. The summed E-state index contributed by atoms with van der Waals surface area (Å²) in [6.45, 7) is 2.25. The molecule has 1 aromatic carbocycles. The van der Waals surface area contributed by atoms with Gasteiger partial charge in [-0.15, -0.1) is 11.3 Å². The lowest BCUT2D eigenvalue weighted by molar-refractivity contribution is -0.121. The molecule has 0 saturated carbocycles. The highest BCUT2D eigenvalue weighted by Gasteiger charge is 2.20. The fourth-order valence-corrected chi connectivity index (χ4v) is 5.56. The molecule has 0 radical (unpaired) electrons. The number of hydrogen-bond acceptors (Lipinski definition) is 7. The molecule has 0 unspecified atom stereocenters. The number of carbonyl (C=O) groups excluding carboxylic acids is 1. The van der Waals surface area contributed by atoms with E-state index >= 15 is 0 Å². The third-order valence-corrected chi connectivity index (χ3v) is 6.99. The normalized spacial score (nSPS) is 13.3. The summed E-state index contributed by atoms with van der Waals surface area (Å²) in [5.74, 6) is 0.749. The van der Waals surface area contributed by atoms with Crippen molar-refractivity contribution in [1.29, 1.82) is 0 Å². The number of amides is 1. The van der Waals surface area contributed by atoms with Gasteiger partial charge in [0.1, 0.15) is 11.4 Å². The topological polar surface area (TPSA) is 94.8 Å². The van der Waals surface area contributed by atoms with Crippen molar-refractivity contribution in [3.63, 3.8) is 0 Å². The number of carbonyl (C=O) groups is 1. The van der Waals surface area contributed by atoms with E-state index in [2.05, 4.69) is 31.4 Å². The number of benzene rings is 1. The number of aromatic nitrogens is 2. The Kier molecular flexibility index (Phi) is 6.90. The third-order valence-electron chi connectivity index (χ3n) is 5.20. The fraction of sp³-hybridized carbons (Fsp3) is 0.364. The van der Waals surface area contributed by atoms with Crippen LogP contribution in [0.2, 0.25) is 0 Å². The molecule has 0 fully saturated rings. The monoisotopic (exact) mass is 518 g/mol. The fourth-order valence-electron chi connectivity index (χ4n) is 3.76. The first-order chi connectivity index (χ1) is 15.5. The lowest BCUT2D eigenvalue weighted by Crippen LogP contribution is -2.30. The lowest BCUT2D eigenvalue weighted by atomic mass is 9.97. The number of aryl methyl sites for hydroxylation is 2. The highest BCUT2D eigenvalue weighted by atomic mass is 79.9. The van der Waals surface area contributed by atoms with Crippen molar-refractivity contribution in [3.05, 3.63) is 49.3 Å². The Hall–Kier alpha value is -2.72. The van der Waals surface area contributed by atoms with Gasteiger partial charge in [-0.1, -0.05) is 0 Å². The smallest absolute Gasteiger partial charge is 0.262 e.